The number of fused-ring (bicyclic) bond motifs is 1. The Hall–Kier alpha value is -2.21. The number of hydrogen-bond donors (Lipinski definition) is 0. The maximum absolute atomic E-state index is 13.7. The van der Waals surface area contributed by atoms with Crippen molar-refractivity contribution in [3.8, 4) is 5.75 Å². The molecule has 0 saturated heterocycles. The highest BCUT2D eigenvalue weighted by Crippen LogP contribution is 2.47. The lowest BCUT2D eigenvalue weighted by Crippen LogP contribution is -2.37. The summed E-state index contributed by atoms with van der Waals surface area (Å²) in [7, 11) is 1.99. The van der Waals surface area contributed by atoms with Crippen LogP contribution in [0.5, 0.6) is 5.75 Å². The number of methoxy groups -OCH3 is 1. The number of hydrogen-bond acceptors (Lipinski definition) is 5. The van der Waals surface area contributed by atoms with Gasteiger partial charge in [-0.1, -0.05) is 44.9 Å². The van der Waals surface area contributed by atoms with Gasteiger partial charge < -0.3 is 14.5 Å². The molecular formula is C24H34N2O3S. The summed E-state index contributed by atoms with van der Waals surface area (Å²) in [6.45, 7) is 4.96. The molecule has 0 bridgehead atoms. The van der Waals surface area contributed by atoms with E-state index in [0.717, 1.165) is 42.7 Å². The molecule has 2 aromatic rings. The second-order valence-corrected chi connectivity index (χ2v) is 10.5. The molecule has 0 aromatic heterocycles. The lowest BCUT2D eigenvalue weighted by molar-refractivity contribution is 0.290. The molecule has 1 unspecified atom stereocenters. The van der Waals surface area contributed by atoms with Crippen LogP contribution >= 0.6 is 0 Å². The van der Waals surface area contributed by atoms with E-state index < -0.39 is 9.84 Å². The van der Waals surface area contributed by atoms with Crippen molar-refractivity contribution in [2.75, 3.05) is 43.3 Å². The van der Waals surface area contributed by atoms with Crippen LogP contribution in [0.25, 0.3) is 0 Å². The minimum absolute atomic E-state index is 0.164. The lowest BCUT2D eigenvalue weighted by Gasteiger charge is -2.36. The Bertz CT molecular complexity index is 973. The molecule has 0 amide bonds. The van der Waals surface area contributed by atoms with Gasteiger partial charge in [0.25, 0.3) is 0 Å². The van der Waals surface area contributed by atoms with Crippen LogP contribution in [0, 0.1) is 5.41 Å². The lowest BCUT2D eigenvalue weighted by atomic mass is 9.81. The first-order valence-corrected chi connectivity index (χ1v) is 12.4. The third-order valence-corrected chi connectivity index (χ3v) is 8.23. The fourth-order valence-electron chi connectivity index (χ4n) is 4.39. The fourth-order valence-corrected chi connectivity index (χ4v) is 6.57. The second kappa shape index (κ2) is 8.88. The zero-order valence-electron chi connectivity index (χ0n) is 18.8. The van der Waals surface area contributed by atoms with E-state index in [-0.39, 0.29) is 11.2 Å². The van der Waals surface area contributed by atoms with E-state index >= 15 is 0 Å². The second-order valence-electron chi connectivity index (χ2n) is 8.52. The summed E-state index contributed by atoms with van der Waals surface area (Å²) in [5.74, 6) is 0.741. The average Bonchev–Trinajstić information content (AvgIpc) is 2.84. The first-order valence-electron chi connectivity index (χ1n) is 10.7. The Morgan fingerprint density at radius 3 is 2.40 bits per heavy atom. The molecule has 6 heteroatoms. The van der Waals surface area contributed by atoms with Crippen molar-refractivity contribution in [2.24, 2.45) is 5.41 Å². The van der Waals surface area contributed by atoms with Crippen LogP contribution in [-0.4, -0.2) is 41.9 Å². The number of sulfone groups is 1. The summed E-state index contributed by atoms with van der Waals surface area (Å²) >= 11 is 0. The molecular weight excluding hydrogens is 396 g/mol. The van der Waals surface area contributed by atoms with Crippen molar-refractivity contribution in [3.05, 3.63) is 42.5 Å². The molecule has 164 valence electrons. The van der Waals surface area contributed by atoms with Gasteiger partial charge in [-0.25, -0.2) is 8.42 Å². The van der Waals surface area contributed by atoms with Crippen molar-refractivity contribution in [1.29, 1.82) is 0 Å². The van der Waals surface area contributed by atoms with Gasteiger partial charge in [-0.3, -0.25) is 0 Å². The minimum Gasteiger partial charge on any atom is -0.495 e. The third kappa shape index (κ3) is 4.29. The Morgan fingerprint density at radius 1 is 1.13 bits per heavy atom. The SMILES string of the molecule is CCCCC1(CC)CN(c2ccccc2)c2cc(N(C)C)c(OC)cc2S(=O)(=O)C1. The van der Waals surface area contributed by atoms with E-state index in [2.05, 4.69) is 30.9 Å². The number of rotatable bonds is 7. The maximum Gasteiger partial charge on any atom is 0.181 e. The third-order valence-electron chi connectivity index (χ3n) is 6.24. The molecule has 30 heavy (non-hydrogen) atoms. The van der Waals surface area contributed by atoms with Gasteiger partial charge in [0.1, 0.15) is 5.75 Å². The standard InChI is InChI=1S/C24H34N2O3S/c1-6-8-14-24(7-2)17-26(19-12-10-9-11-13-19)21-15-20(25(3)4)22(29-5)16-23(21)30(27,28)18-24/h9-13,15-16H,6-8,14,17-18H2,1-5H3. The molecule has 1 atom stereocenters. The largest absolute Gasteiger partial charge is 0.495 e. The monoisotopic (exact) mass is 430 g/mol. The van der Waals surface area contributed by atoms with Crippen LogP contribution in [0.3, 0.4) is 0 Å². The van der Waals surface area contributed by atoms with Crippen molar-refractivity contribution in [2.45, 2.75) is 44.4 Å². The van der Waals surface area contributed by atoms with Gasteiger partial charge in [0, 0.05) is 37.8 Å². The zero-order valence-corrected chi connectivity index (χ0v) is 19.6. The quantitative estimate of drug-likeness (QED) is 0.599. The molecule has 0 saturated carbocycles. The molecule has 0 aliphatic carbocycles. The van der Waals surface area contributed by atoms with Crippen LogP contribution in [0.2, 0.25) is 0 Å². The number of ether oxygens (including phenoxy) is 1. The van der Waals surface area contributed by atoms with Gasteiger partial charge in [0.15, 0.2) is 9.84 Å². The number of anilines is 3. The predicted octanol–water partition coefficient (Wildman–Crippen LogP) is 5.27. The van der Waals surface area contributed by atoms with Crippen molar-refractivity contribution in [1.82, 2.24) is 0 Å². The van der Waals surface area contributed by atoms with Gasteiger partial charge in [-0.2, -0.15) is 0 Å². The molecule has 2 aromatic carbocycles. The Kier molecular flexibility index (Phi) is 6.65. The molecule has 1 aliphatic rings. The molecule has 0 radical (unpaired) electrons. The van der Waals surface area contributed by atoms with E-state index in [1.807, 2.05) is 43.3 Å². The summed E-state index contributed by atoms with van der Waals surface area (Å²) in [4.78, 5) is 4.52. The molecule has 3 rings (SSSR count). The van der Waals surface area contributed by atoms with Crippen LogP contribution in [0.15, 0.2) is 47.4 Å². The average molecular weight is 431 g/mol. The zero-order chi connectivity index (χ0) is 21.9. The molecule has 0 spiro atoms. The van der Waals surface area contributed by atoms with E-state index in [1.54, 1.807) is 13.2 Å². The van der Waals surface area contributed by atoms with E-state index in [9.17, 15) is 8.42 Å². The van der Waals surface area contributed by atoms with Crippen LogP contribution in [0.1, 0.15) is 39.5 Å². The smallest absolute Gasteiger partial charge is 0.181 e. The fraction of sp³-hybridized carbons (Fsp3) is 0.500. The summed E-state index contributed by atoms with van der Waals surface area (Å²) in [6, 6.07) is 13.8. The molecule has 0 N–H and O–H groups in total. The predicted molar refractivity (Wildman–Crippen MR) is 125 cm³/mol. The van der Waals surface area contributed by atoms with Crippen LogP contribution in [0.4, 0.5) is 17.1 Å². The highest BCUT2D eigenvalue weighted by molar-refractivity contribution is 7.91. The first kappa shape index (κ1) is 22.5. The summed E-state index contributed by atoms with van der Waals surface area (Å²) in [5.41, 5.74) is 2.32. The number of para-hydroxylation sites is 1. The van der Waals surface area contributed by atoms with Gasteiger partial charge in [-0.15, -0.1) is 0 Å². The van der Waals surface area contributed by atoms with Gasteiger partial charge >= 0.3 is 0 Å². The molecule has 1 aliphatic heterocycles. The summed E-state index contributed by atoms with van der Waals surface area (Å²) in [5, 5.41) is 0. The topological polar surface area (TPSA) is 49.9 Å². The molecule has 1 heterocycles. The summed E-state index contributed by atoms with van der Waals surface area (Å²) < 4.78 is 32.9. The number of benzene rings is 2. The minimum atomic E-state index is -3.48. The summed E-state index contributed by atoms with van der Waals surface area (Å²) in [6.07, 6.45) is 3.79. The van der Waals surface area contributed by atoms with Gasteiger partial charge in [0.2, 0.25) is 0 Å². The van der Waals surface area contributed by atoms with Crippen LogP contribution in [-0.2, 0) is 9.84 Å². The molecule has 5 nitrogen and oxygen atoms in total. The highest BCUT2D eigenvalue weighted by Gasteiger charge is 2.42. The Balaban J connectivity index is 2.29. The number of unbranched alkanes of at least 4 members (excludes halogenated alkanes) is 1. The van der Waals surface area contributed by atoms with Crippen molar-refractivity contribution >= 4 is 26.9 Å². The molecule has 0 fully saturated rings. The normalized spacial score (nSPS) is 20.4. The maximum atomic E-state index is 13.7. The Labute approximate surface area is 181 Å². The van der Waals surface area contributed by atoms with E-state index in [1.165, 1.54) is 0 Å². The van der Waals surface area contributed by atoms with E-state index in [0.29, 0.717) is 17.2 Å². The van der Waals surface area contributed by atoms with Crippen molar-refractivity contribution in [3.63, 3.8) is 0 Å². The highest BCUT2D eigenvalue weighted by atomic mass is 32.2. The van der Waals surface area contributed by atoms with Gasteiger partial charge in [-0.05, 0) is 31.0 Å². The van der Waals surface area contributed by atoms with E-state index in [4.69, 9.17) is 4.74 Å². The first-order chi connectivity index (χ1) is 14.3. The van der Waals surface area contributed by atoms with Gasteiger partial charge in [0.05, 0.1) is 29.1 Å². The number of nitrogens with zero attached hydrogens (tertiary/aromatic N) is 2. The van der Waals surface area contributed by atoms with Crippen molar-refractivity contribution < 1.29 is 13.2 Å². The van der Waals surface area contributed by atoms with Crippen LogP contribution < -0.4 is 14.5 Å². The Morgan fingerprint density at radius 2 is 1.83 bits per heavy atom.